The van der Waals surface area contributed by atoms with Crippen molar-refractivity contribution in [3.8, 4) is 22.8 Å². The van der Waals surface area contributed by atoms with E-state index >= 15 is 0 Å². The number of para-hydroxylation sites is 1. The maximum Gasteiger partial charge on any atom is 0.249 e. The number of imide groups is 1. The Labute approximate surface area is 356 Å². The Balaban J connectivity index is 0.693. The van der Waals surface area contributed by atoms with Crippen LogP contribution in [0.15, 0.2) is 78.9 Å². The molecule has 0 radical (unpaired) electrons. The Bertz CT molecular complexity index is 2190. The molecule has 3 aromatic carbocycles. The third-order valence-corrected chi connectivity index (χ3v) is 13.2. The van der Waals surface area contributed by atoms with Crippen LogP contribution in [0.1, 0.15) is 50.0 Å². The zero-order valence-electron chi connectivity index (χ0n) is 34.6. The van der Waals surface area contributed by atoms with Gasteiger partial charge >= 0.3 is 0 Å². The molecule has 3 unspecified atom stereocenters. The van der Waals surface area contributed by atoms with Crippen LogP contribution in [0.5, 0.6) is 11.5 Å². The third kappa shape index (κ3) is 9.22. The fourth-order valence-electron chi connectivity index (χ4n) is 9.83. The second-order valence-electron chi connectivity index (χ2n) is 17.1. The number of aromatic nitrogens is 2. The van der Waals surface area contributed by atoms with E-state index in [1.807, 2.05) is 41.3 Å². The lowest BCUT2D eigenvalue weighted by Gasteiger charge is -2.43. The first kappa shape index (κ1) is 40.5. The Kier molecular flexibility index (Phi) is 11.9. The number of nitrogens with two attached hydrogens (primary N) is 1. The maximum absolute atomic E-state index is 13.3. The van der Waals surface area contributed by atoms with E-state index in [1.54, 1.807) is 12.1 Å². The highest BCUT2D eigenvalue weighted by Crippen LogP contribution is 2.40. The van der Waals surface area contributed by atoms with Gasteiger partial charge in [0.1, 0.15) is 24.1 Å². The molecular weight excluding hydrogens is 773 g/mol. The fourth-order valence-corrected chi connectivity index (χ4v) is 9.83. The van der Waals surface area contributed by atoms with Crippen molar-refractivity contribution in [3.63, 3.8) is 0 Å². The number of fused-ring (bicyclic) bond motifs is 2. The van der Waals surface area contributed by atoms with E-state index in [2.05, 4.69) is 70.8 Å². The van der Waals surface area contributed by atoms with Crippen molar-refractivity contribution in [1.82, 2.24) is 30.2 Å². The molecule has 320 valence electrons. The van der Waals surface area contributed by atoms with Crippen molar-refractivity contribution in [2.24, 2.45) is 0 Å². The maximum atomic E-state index is 13.3. The number of piperazine rings is 2. The number of carbonyl (C=O) groups is 3. The lowest BCUT2D eigenvalue weighted by atomic mass is 9.89. The normalized spacial score (nSPS) is 22.6. The molecule has 0 spiro atoms. The van der Waals surface area contributed by atoms with Gasteiger partial charge in [0.05, 0.1) is 17.9 Å². The number of phenols is 1. The zero-order valence-corrected chi connectivity index (χ0v) is 34.6. The summed E-state index contributed by atoms with van der Waals surface area (Å²) in [5.41, 5.74) is 11.8. The lowest BCUT2D eigenvalue weighted by Crippen LogP contribution is -2.54. The average molecular weight is 829 g/mol. The summed E-state index contributed by atoms with van der Waals surface area (Å²) < 4.78 is 6.32. The minimum atomic E-state index is -0.389. The van der Waals surface area contributed by atoms with Crippen LogP contribution >= 0.6 is 0 Å². The summed E-state index contributed by atoms with van der Waals surface area (Å²) in [5, 5.41) is 24.6. The van der Waals surface area contributed by atoms with Crippen molar-refractivity contribution in [3.05, 3.63) is 84.4 Å². The lowest BCUT2D eigenvalue weighted by molar-refractivity contribution is -0.135. The quantitative estimate of drug-likeness (QED) is 0.152. The zero-order chi connectivity index (χ0) is 41.9. The van der Waals surface area contributed by atoms with E-state index < -0.39 is 0 Å². The number of hydrogen-bond acceptors (Lipinski definition) is 13. The van der Waals surface area contributed by atoms with Crippen LogP contribution in [0, 0.1) is 0 Å². The van der Waals surface area contributed by atoms with Gasteiger partial charge < -0.3 is 35.6 Å². The van der Waals surface area contributed by atoms with Crippen LogP contribution in [-0.2, 0) is 14.4 Å². The molecule has 5 fully saturated rings. The van der Waals surface area contributed by atoms with Gasteiger partial charge in [-0.25, -0.2) is 0 Å². The van der Waals surface area contributed by atoms with Crippen LogP contribution < -0.4 is 30.9 Å². The summed E-state index contributed by atoms with van der Waals surface area (Å²) in [5.74, 6) is 1.60. The van der Waals surface area contributed by atoms with E-state index in [-0.39, 0.29) is 29.5 Å². The topological polar surface area (TPSA) is 173 Å². The predicted octanol–water partition coefficient (Wildman–Crippen LogP) is 3.91. The molecule has 1 aromatic heterocycles. The predicted molar refractivity (Wildman–Crippen MR) is 235 cm³/mol. The number of rotatable bonds is 12. The molecule has 9 rings (SSSR count). The summed E-state index contributed by atoms with van der Waals surface area (Å²) in [6.45, 7) is 8.41. The van der Waals surface area contributed by atoms with E-state index in [9.17, 15) is 19.5 Å². The molecule has 3 amide bonds. The number of nitrogen functional groups attached to an aromatic ring is 1. The van der Waals surface area contributed by atoms with Crippen LogP contribution in [0.25, 0.3) is 11.3 Å². The number of aromatic hydroxyl groups is 1. The minimum absolute atomic E-state index is 0.166. The highest BCUT2D eigenvalue weighted by molar-refractivity contribution is 6.01. The van der Waals surface area contributed by atoms with Crippen LogP contribution in [-0.4, -0.2) is 138 Å². The van der Waals surface area contributed by atoms with Crippen molar-refractivity contribution in [2.45, 2.75) is 62.6 Å². The molecule has 15 heteroatoms. The molecule has 6 heterocycles. The first-order valence-corrected chi connectivity index (χ1v) is 21.8. The standard InChI is InChI=1S/C46H56N10O5/c47-45-41(27-40(50-51-45)38-6-1-2-7-42(38)57)55-28-35-12-13-36(29-55)56(35)34-4-3-5-37(26-34)61-25-24-52-20-22-54(23-21-52)44(59)30-53-18-16-32(17-19-53)31-8-10-33(11-9-31)48-39-14-15-43(58)49-46(39)60/h1-11,26-27,32,35-36,39,48,57H,12-25,28-30H2,(H2,47,51)(H,49,58,60). The molecule has 5 saturated heterocycles. The second kappa shape index (κ2) is 18.0. The number of amides is 3. The minimum Gasteiger partial charge on any atom is -0.507 e. The highest BCUT2D eigenvalue weighted by Gasteiger charge is 2.41. The molecule has 61 heavy (non-hydrogen) atoms. The molecule has 5 aliphatic rings. The number of hydrogen-bond donors (Lipinski definition) is 4. The smallest absolute Gasteiger partial charge is 0.249 e. The van der Waals surface area contributed by atoms with Crippen molar-refractivity contribution in [2.75, 3.05) is 92.9 Å². The van der Waals surface area contributed by atoms with Gasteiger partial charge in [-0.3, -0.25) is 29.5 Å². The Morgan fingerprint density at radius 2 is 1.59 bits per heavy atom. The average Bonchev–Trinajstić information content (AvgIpc) is 3.54. The number of anilines is 4. The fraction of sp³-hybridized carbons (Fsp3) is 0.457. The Morgan fingerprint density at radius 3 is 2.33 bits per heavy atom. The number of ether oxygens (including phenoxy) is 1. The van der Waals surface area contributed by atoms with E-state index in [4.69, 9.17) is 10.5 Å². The molecule has 0 saturated carbocycles. The van der Waals surface area contributed by atoms with Crippen LogP contribution in [0.3, 0.4) is 0 Å². The van der Waals surface area contributed by atoms with Gasteiger partial charge in [0.2, 0.25) is 17.7 Å². The van der Waals surface area contributed by atoms with E-state index in [1.165, 1.54) is 11.3 Å². The molecule has 0 aliphatic carbocycles. The van der Waals surface area contributed by atoms with Gasteiger partial charge in [-0.05, 0) is 99.1 Å². The summed E-state index contributed by atoms with van der Waals surface area (Å²) >= 11 is 0. The Morgan fingerprint density at radius 1 is 0.836 bits per heavy atom. The van der Waals surface area contributed by atoms with Gasteiger partial charge in [-0.2, -0.15) is 0 Å². The molecule has 15 nitrogen and oxygen atoms in total. The first-order valence-electron chi connectivity index (χ1n) is 21.8. The first-order chi connectivity index (χ1) is 29.7. The third-order valence-electron chi connectivity index (χ3n) is 13.2. The number of phenolic OH excluding ortho intramolecular Hbond substituents is 1. The SMILES string of the molecule is Nc1nnc(-c2ccccc2O)cc1N1CC2CCC(C1)N2c1cccc(OCCN2CCN(C(=O)CN3CCC(c4ccc(NC5CCC(=O)NC5=O)cc4)CC3)CC2)c1. The summed E-state index contributed by atoms with van der Waals surface area (Å²) in [6, 6.07) is 26.1. The molecule has 4 aromatic rings. The molecule has 5 N–H and O–H groups in total. The van der Waals surface area contributed by atoms with Crippen molar-refractivity contribution in [1.29, 1.82) is 0 Å². The van der Waals surface area contributed by atoms with Gasteiger partial charge in [0.15, 0.2) is 5.82 Å². The van der Waals surface area contributed by atoms with Crippen LogP contribution in [0.4, 0.5) is 22.9 Å². The molecule has 5 aliphatic heterocycles. The number of benzene rings is 3. The molecular formula is C46H56N10O5. The number of carbonyl (C=O) groups excluding carboxylic acids is 3. The number of piperidine rings is 2. The summed E-state index contributed by atoms with van der Waals surface area (Å²) in [7, 11) is 0. The van der Waals surface area contributed by atoms with Crippen molar-refractivity contribution < 1.29 is 24.2 Å². The molecule has 3 atom stereocenters. The van der Waals surface area contributed by atoms with Gasteiger partial charge in [0, 0.05) is 87.3 Å². The summed E-state index contributed by atoms with van der Waals surface area (Å²) in [6.07, 6.45) is 5.05. The summed E-state index contributed by atoms with van der Waals surface area (Å²) in [4.78, 5) is 48.5. The second-order valence-corrected chi connectivity index (χ2v) is 17.1. The largest absolute Gasteiger partial charge is 0.507 e. The number of nitrogens with zero attached hydrogens (tertiary/aromatic N) is 7. The van der Waals surface area contributed by atoms with Crippen LogP contribution in [0.2, 0.25) is 0 Å². The highest BCUT2D eigenvalue weighted by atomic mass is 16.5. The monoisotopic (exact) mass is 828 g/mol. The van der Waals surface area contributed by atoms with Gasteiger partial charge in [-0.1, -0.05) is 30.3 Å². The number of nitrogens with one attached hydrogen (secondary N) is 2. The van der Waals surface area contributed by atoms with Crippen molar-refractivity contribution >= 4 is 40.6 Å². The Hall–Kier alpha value is -5.93. The number of likely N-dealkylation sites (tertiary alicyclic amines) is 1. The molecule has 2 bridgehead atoms. The van der Waals surface area contributed by atoms with E-state index in [0.29, 0.717) is 61.1 Å². The van der Waals surface area contributed by atoms with Gasteiger partial charge in [0.25, 0.3) is 0 Å². The van der Waals surface area contributed by atoms with E-state index in [0.717, 1.165) is 102 Å². The van der Waals surface area contributed by atoms with Gasteiger partial charge in [-0.15, -0.1) is 10.2 Å².